The molecular weight excluding hydrogens is 372 g/mol. The Morgan fingerprint density at radius 2 is 1.66 bits per heavy atom. The number of cyclic esters (lactones) is 1. The summed E-state index contributed by atoms with van der Waals surface area (Å²) in [6.07, 6.45) is 5.83. The molecule has 0 saturated carbocycles. The highest BCUT2D eigenvalue weighted by molar-refractivity contribution is 6.13. The van der Waals surface area contributed by atoms with Gasteiger partial charge in [0.05, 0.1) is 19.8 Å². The van der Waals surface area contributed by atoms with Crippen molar-refractivity contribution in [3.63, 3.8) is 0 Å². The summed E-state index contributed by atoms with van der Waals surface area (Å²) in [5.74, 6) is 4.70. The lowest BCUT2D eigenvalue weighted by atomic mass is 9.86. The highest BCUT2D eigenvalue weighted by Crippen LogP contribution is 2.46. The Hall–Kier alpha value is -3.85. The second kappa shape index (κ2) is 6.35. The molecule has 2 aliphatic rings. The molecule has 2 aliphatic heterocycles. The number of fused-ring (bicyclic) bond motifs is 3. The fourth-order valence-corrected chi connectivity index (χ4v) is 3.96. The van der Waals surface area contributed by atoms with Crippen molar-refractivity contribution in [2.45, 2.75) is 6.61 Å². The molecule has 5 rings (SSSR count). The minimum absolute atomic E-state index is 0.134. The third-order valence-electron chi connectivity index (χ3n) is 5.27. The molecule has 6 heteroatoms. The van der Waals surface area contributed by atoms with E-state index in [1.807, 2.05) is 30.3 Å². The number of benzene rings is 3. The van der Waals surface area contributed by atoms with Crippen LogP contribution in [0.15, 0.2) is 30.3 Å². The molecule has 0 N–H and O–H groups in total. The molecule has 6 nitrogen and oxygen atoms in total. The van der Waals surface area contributed by atoms with Gasteiger partial charge in [0.2, 0.25) is 6.79 Å². The van der Waals surface area contributed by atoms with Gasteiger partial charge in [-0.25, -0.2) is 4.79 Å². The number of hydrogen-bond donors (Lipinski definition) is 0. The monoisotopic (exact) mass is 388 g/mol. The van der Waals surface area contributed by atoms with Gasteiger partial charge in [0.25, 0.3) is 0 Å². The number of carbonyl (C=O) groups is 1. The van der Waals surface area contributed by atoms with Crippen LogP contribution in [0.1, 0.15) is 21.5 Å². The quantitative estimate of drug-likeness (QED) is 0.501. The van der Waals surface area contributed by atoms with Gasteiger partial charge in [0, 0.05) is 22.1 Å². The van der Waals surface area contributed by atoms with Crippen molar-refractivity contribution >= 4 is 16.7 Å². The minimum atomic E-state index is -0.402. The number of esters is 1. The molecule has 0 unspecified atom stereocenters. The molecule has 144 valence electrons. The van der Waals surface area contributed by atoms with E-state index in [2.05, 4.69) is 5.92 Å². The number of carbonyl (C=O) groups excluding carboxylic acids is 1. The molecule has 0 spiro atoms. The van der Waals surface area contributed by atoms with Gasteiger partial charge in [0.1, 0.15) is 6.61 Å². The molecule has 0 aromatic heterocycles. The van der Waals surface area contributed by atoms with Crippen LogP contribution in [0.25, 0.3) is 21.9 Å². The maximum atomic E-state index is 12.7. The van der Waals surface area contributed by atoms with Crippen molar-refractivity contribution in [3.8, 4) is 46.5 Å². The molecule has 0 atom stereocenters. The lowest BCUT2D eigenvalue weighted by molar-refractivity contribution is 0.0535. The number of hydrogen-bond acceptors (Lipinski definition) is 6. The van der Waals surface area contributed by atoms with Gasteiger partial charge < -0.3 is 23.7 Å². The van der Waals surface area contributed by atoms with Crippen LogP contribution in [0.3, 0.4) is 0 Å². The molecule has 3 aromatic rings. The highest BCUT2D eigenvalue weighted by atomic mass is 16.7. The van der Waals surface area contributed by atoms with E-state index in [0.29, 0.717) is 39.7 Å². The summed E-state index contributed by atoms with van der Waals surface area (Å²) < 4.78 is 27.3. The average Bonchev–Trinajstić information content (AvgIpc) is 3.37. The van der Waals surface area contributed by atoms with E-state index in [0.717, 1.165) is 21.9 Å². The second-order valence-corrected chi connectivity index (χ2v) is 6.64. The van der Waals surface area contributed by atoms with Crippen LogP contribution in [-0.2, 0) is 11.3 Å². The van der Waals surface area contributed by atoms with E-state index < -0.39 is 5.97 Å². The molecule has 0 aliphatic carbocycles. The van der Waals surface area contributed by atoms with Crippen LogP contribution in [-0.4, -0.2) is 27.0 Å². The van der Waals surface area contributed by atoms with E-state index in [1.165, 1.54) is 0 Å². The Kier molecular flexibility index (Phi) is 3.78. The summed E-state index contributed by atoms with van der Waals surface area (Å²) in [6.45, 7) is 0.302. The van der Waals surface area contributed by atoms with Crippen molar-refractivity contribution < 1.29 is 28.5 Å². The van der Waals surface area contributed by atoms with Crippen LogP contribution in [0.2, 0.25) is 0 Å². The van der Waals surface area contributed by atoms with Crippen LogP contribution in [0.5, 0.6) is 23.0 Å². The van der Waals surface area contributed by atoms with Crippen LogP contribution >= 0.6 is 0 Å². The molecular formula is C23H16O6. The van der Waals surface area contributed by atoms with Crippen molar-refractivity contribution in [2.24, 2.45) is 0 Å². The summed E-state index contributed by atoms with van der Waals surface area (Å²) in [6, 6.07) is 9.24. The average molecular weight is 388 g/mol. The van der Waals surface area contributed by atoms with Crippen molar-refractivity contribution in [1.29, 1.82) is 0 Å². The predicted molar refractivity (Wildman–Crippen MR) is 106 cm³/mol. The van der Waals surface area contributed by atoms with Crippen molar-refractivity contribution in [3.05, 3.63) is 47.0 Å². The van der Waals surface area contributed by atoms with E-state index in [1.54, 1.807) is 14.2 Å². The molecule has 0 fully saturated rings. The summed E-state index contributed by atoms with van der Waals surface area (Å²) in [5.41, 5.74) is 3.30. The first kappa shape index (κ1) is 17.3. The van der Waals surface area contributed by atoms with Gasteiger partial charge in [-0.05, 0) is 35.2 Å². The van der Waals surface area contributed by atoms with Crippen molar-refractivity contribution in [2.75, 3.05) is 21.0 Å². The van der Waals surface area contributed by atoms with Crippen molar-refractivity contribution in [1.82, 2.24) is 0 Å². The Labute approximate surface area is 166 Å². The zero-order valence-electron chi connectivity index (χ0n) is 15.8. The lowest BCUT2D eigenvalue weighted by Crippen LogP contribution is -2.02. The Balaban J connectivity index is 1.93. The van der Waals surface area contributed by atoms with Gasteiger partial charge in [-0.3, -0.25) is 0 Å². The van der Waals surface area contributed by atoms with Gasteiger partial charge in [0.15, 0.2) is 23.0 Å². The smallest absolute Gasteiger partial charge is 0.339 e. The summed E-state index contributed by atoms with van der Waals surface area (Å²) in [4.78, 5) is 12.7. The first-order chi connectivity index (χ1) is 14.2. The first-order valence-corrected chi connectivity index (χ1v) is 8.94. The molecule has 3 aromatic carbocycles. The Morgan fingerprint density at radius 1 is 0.931 bits per heavy atom. The summed E-state index contributed by atoms with van der Waals surface area (Å²) >= 11 is 0. The molecule has 0 saturated heterocycles. The Bertz CT molecular complexity index is 1230. The minimum Gasteiger partial charge on any atom is -0.493 e. The van der Waals surface area contributed by atoms with Gasteiger partial charge in [-0.15, -0.1) is 6.42 Å². The Morgan fingerprint density at radius 3 is 2.38 bits per heavy atom. The molecule has 0 amide bonds. The van der Waals surface area contributed by atoms with Gasteiger partial charge in [-0.1, -0.05) is 12.0 Å². The third kappa shape index (κ3) is 2.41. The lowest BCUT2D eigenvalue weighted by Gasteiger charge is -2.17. The zero-order chi connectivity index (χ0) is 20.1. The SMILES string of the molecule is C#Cc1c2c(c(-c3ccc4c(c3)OCO4)c3cc(OC)c(OC)cc13)C(=O)OC2. The molecule has 0 radical (unpaired) electrons. The predicted octanol–water partition coefficient (Wildman–Crippen LogP) is 3.90. The molecule has 0 bridgehead atoms. The van der Waals surface area contributed by atoms with Crippen LogP contribution < -0.4 is 18.9 Å². The van der Waals surface area contributed by atoms with E-state index >= 15 is 0 Å². The normalized spacial score (nSPS) is 13.8. The topological polar surface area (TPSA) is 63.2 Å². The summed E-state index contributed by atoms with van der Waals surface area (Å²) in [5, 5.41) is 1.56. The fourth-order valence-electron chi connectivity index (χ4n) is 3.96. The number of terminal acetylenes is 1. The van der Waals surface area contributed by atoms with Crippen LogP contribution in [0, 0.1) is 12.3 Å². The molecule has 2 heterocycles. The largest absolute Gasteiger partial charge is 0.493 e. The highest BCUT2D eigenvalue weighted by Gasteiger charge is 2.32. The van der Waals surface area contributed by atoms with E-state index in [4.69, 9.17) is 30.1 Å². The summed E-state index contributed by atoms with van der Waals surface area (Å²) in [7, 11) is 3.13. The van der Waals surface area contributed by atoms with E-state index in [-0.39, 0.29) is 13.4 Å². The second-order valence-electron chi connectivity index (χ2n) is 6.64. The first-order valence-electron chi connectivity index (χ1n) is 8.94. The third-order valence-corrected chi connectivity index (χ3v) is 5.27. The fraction of sp³-hybridized carbons (Fsp3) is 0.174. The maximum absolute atomic E-state index is 12.7. The maximum Gasteiger partial charge on any atom is 0.339 e. The number of ether oxygens (including phenoxy) is 5. The van der Waals surface area contributed by atoms with Crippen LogP contribution in [0.4, 0.5) is 0 Å². The number of methoxy groups -OCH3 is 2. The van der Waals surface area contributed by atoms with E-state index in [9.17, 15) is 4.79 Å². The van der Waals surface area contributed by atoms with Gasteiger partial charge in [-0.2, -0.15) is 0 Å². The van der Waals surface area contributed by atoms with Gasteiger partial charge >= 0.3 is 5.97 Å². The standard InChI is InChI=1S/C23H16O6/c1-4-13-14-8-18(25-2)19(26-3)9-15(14)21(22-16(13)10-27-23(22)24)12-5-6-17-20(7-12)29-11-28-17/h1,5-9H,10-11H2,2-3H3. The number of rotatable bonds is 3. The zero-order valence-corrected chi connectivity index (χ0v) is 15.8. The molecule has 29 heavy (non-hydrogen) atoms.